The highest BCUT2D eigenvalue weighted by molar-refractivity contribution is 6.06. The summed E-state index contributed by atoms with van der Waals surface area (Å²) in [5, 5.41) is 0. The van der Waals surface area contributed by atoms with Gasteiger partial charge in [0.05, 0.1) is 5.52 Å². The lowest BCUT2D eigenvalue weighted by Crippen LogP contribution is -2.37. The molecule has 0 saturated carbocycles. The maximum absolute atomic E-state index is 13.6. The summed E-state index contributed by atoms with van der Waals surface area (Å²) in [5.41, 5.74) is 5.26. The number of aromatic amines is 1. The molecular formula is C28H31FN6O2. The van der Waals surface area contributed by atoms with Gasteiger partial charge in [0, 0.05) is 49.4 Å². The van der Waals surface area contributed by atoms with Gasteiger partial charge in [0.1, 0.15) is 11.5 Å². The first kappa shape index (κ1) is 24.7. The number of amides is 1. The average Bonchev–Trinajstić information content (AvgIpc) is 3.49. The molecule has 0 aliphatic carbocycles. The number of pyridine rings is 2. The van der Waals surface area contributed by atoms with Crippen molar-refractivity contribution in [2.75, 3.05) is 29.4 Å². The summed E-state index contributed by atoms with van der Waals surface area (Å²) >= 11 is 0. The standard InChI is InChI=1S/C26H25FN6O2.C2H6/c1-16-15-29-20(25(34)32-12-6-17-13-18(27)4-5-21(17)32)14-23(16)31-10-7-19(8-11-31)33-22-3-2-9-28-24(22)30-26(33)35;1-2/h2-5,9,13-15,19H,6-8,10-12H2,1H3,(H,28,30,35);1-2H3. The van der Waals surface area contributed by atoms with Crippen LogP contribution in [0.1, 0.15) is 54.3 Å². The Morgan fingerprint density at radius 2 is 1.84 bits per heavy atom. The van der Waals surface area contributed by atoms with Gasteiger partial charge in [0.15, 0.2) is 5.65 Å². The molecule has 6 rings (SSSR count). The van der Waals surface area contributed by atoms with Gasteiger partial charge in [-0.05, 0) is 73.7 Å². The molecule has 1 fully saturated rings. The Morgan fingerprint density at radius 1 is 1.05 bits per heavy atom. The minimum atomic E-state index is -0.289. The average molecular weight is 503 g/mol. The fourth-order valence-corrected chi connectivity index (χ4v) is 5.38. The number of rotatable bonds is 3. The first-order valence-corrected chi connectivity index (χ1v) is 12.9. The Labute approximate surface area is 214 Å². The number of halogens is 1. The van der Waals surface area contributed by atoms with Crippen LogP contribution in [0.2, 0.25) is 0 Å². The van der Waals surface area contributed by atoms with Crippen molar-refractivity contribution in [2.45, 2.75) is 46.1 Å². The molecule has 3 aromatic heterocycles. The fourth-order valence-electron chi connectivity index (χ4n) is 5.38. The van der Waals surface area contributed by atoms with Gasteiger partial charge in [-0.3, -0.25) is 19.3 Å². The fraction of sp³-hybridized carbons (Fsp3) is 0.357. The van der Waals surface area contributed by atoms with Crippen molar-refractivity contribution in [3.05, 3.63) is 81.9 Å². The van der Waals surface area contributed by atoms with Gasteiger partial charge < -0.3 is 9.80 Å². The number of nitrogens with zero attached hydrogens (tertiary/aromatic N) is 5. The highest BCUT2D eigenvalue weighted by Gasteiger charge is 2.29. The third-order valence-corrected chi connectivity index (χ3v) is 7.14. The van der Waals surface area contributed by atoms with E-state index < -0.39 is 0 Å². The summed E-state index contributed by atoms with van der Waals surface area (Å²) in [7, 11) is 0. The number of piperidine rings is 1. The summed E-state index contributed by atoms with van der Waals surface area (Å²) in [6.07, 6.45) is 5.66. The molecule has 1 N–H and O–H groups in total. The lowest BCUT2D eigenvalue weighted by atomic mass is 10.0. The molecule has 5 heterocycles. The first-order valence-electron chi connectivity index (χ1n) is 12.9. The van der Waals surface area contributed by atoms with Crippen LogP contribution < -0.4 is 15.5 Å². The SMILES string of the molecule is CC.Cc1cnc(C(=O)N2CCc3cc(F)ccc32)cc1N1CCC(n2c(=O)[nH]c3ncccc32)CC1. The molecule has 0 radical (unpaired) electrons. The quantitative estimate of drug-likeness (QED) is 0.441. The Balaban J connectivity index is 0.00000137. The van der Waals surface area contributed by atoms with Crippen LogP contribution in [0, 0.1) is 12.7 Å². The van der Waals surface area contributed by atoms with E-state index in [9.17, 15) is 14.0 Å². The second-order valence-electron chi connectivity index (χ2n) is 9.23. The molecule has 2 aliphatic rings. The van der Waals surface area contributed by atoms with Crippen molar-refractivity contribution in [3.63, 3.8) is 0 Å². The Morgan fingerprint density at radius 3 is 2.62 bits per heavy atom. The summed E-state index contributed by atoms with van der Waals surface area (Å²) in [6.45, 7) is 8.03. The molecule has 1 amide bonds. The van der Waals surface area contributed by atoms with Crippen LogP contribution >= 0.6 is 0 Å². The molecule has 1 saturated heterocycles. The van der Waals surface area contributed by atoms with E-state index in [1.54, 1.807) is 23.4 Å². The molecule has 8 nitrogen and oxygen atoms in total. The molecule has 0 spiro atoms. The normalized spacial score (nSPS) is 15.5. The summed E-state index contributed by atoms with van der Waals surface area (Å²) < 4.78 is 15.4. The van der Waals surface area contributed by atoms with E-state index in [2.05, 4.69) is 19.9 Å². The van der Waals surface area contributed by atoms with Crippen LogP contribution in [0.25, 0.3) is 11.2 Å². The van der Waals surface area contributed by atoms with Gasteiger partial charge in [-0.15, -0.1) is 0 Å². The molecule has 1 aromatic carbocycles. The summed E-state index contributed by atoms with van der Waals surface area (Å²) in [5.74, 6) is -0.465. The number of aromatic nitrogens is 4. The molecule has 4 aromatic rings. The van der Waals surface area contributed by atoms with Gasteiger partial charge in [0.2, 0.25) is 0 Å². The van der Waals surface area contributed by atoms with Crippen molar-refractivity contribution in [2.24, 2.45) is 0 Å². The molecule has 0 atom stereocenters. The maximum Gasteiger partial charge on any atom is 0.327 e. The lowest BCUT2D eigenvalue weighted by Gasteiger charge is -2.35. The molecule has 192 valence electrons. The van der Waals surface area contributed by atoms with Crippen molar-refractivity contribution in [3.8, 4) is 0 Å². The number of imidazole rings is 1. The van der Waals surface area contributed by atoms with Crippen molar-refractivity contribution < 1.29 is 9.18 Å². The molecule has 0 bridgehead atoms. The van der Waals surface area contributed by atoms with Crippen molar-refractivity contribution in [1.82, 2.24) is 19.5 Å². The smallest absolute Gasteiger partial charge is 0.327 e. The van der Waals surface area contributed by atoms with E-state index in [-0.39, 0.29) is 23.5 Å². The van der Waals surface area contributed by atoms with E-state index >= 15 is 0 Å². The second-order valence-corrected chi connectivity index (χ2v) is 9.23. The number of fused-ring (bicyclic) bond motifs is 2. The Kier molecular flexibility index (Phi) is 6.78. The third-order valence-electron chi connectivity index (χ3n) is 7.14. The number of hydrogen-bond donors (Lipinski definition) is 1. The van der Waals surface area contributed by atoms with Crippen LogP contribution in [0.5, 0.6) is 0 Å². The zero-order chi connectivity index (χ0) is 26.1. The van der Waals surface area contributed by atoms with E-state index in [4.69, 9.17) is 0 Å². The predicted molar refractivity (Wildman–Crippen MR) is 143 cm³/mol. The molecule has 0 unspecified atom stereocenters. The van der Waals surface area contributed by atoms with Crippen molar-refractivity contribution in [1.29, 1.82) is 0 Å². The minimum Gasteiger partial charge on any atom is -0.371 e. The molecule has 2 aliphatic heterocycles. The number of aryl methyl sites for hydroxylation is 1. The largest absolute Gasteiger partial charge is 0.371 e. The van der Waals surface area contributed by atoms with Gasteiger partial charge >= 0.3 is 5.69 Å². The van der Waals surface area contributed by atoms with Gasteiger partial charge in [0.25, 0.3) is 5.91 Å². The van der Waals surface area contributed by atoms with E-state index in [1.807, 2.05) is 43.5 Å². The Hall–Kier alpha value is -4.01. The van der Waals surface area contributed by atoms with Crippen LogP contribution in [-0.2, 0) is 6.42 Å². The highest BCUT2D eigenvalue weighted by Crippen LogP contribution is 2.32. The zero-order valence-corrected chi connectivity index (χ0v) is 21.4. The number of hydrogen-bond acceptors (Lipinski definition) is 5. The topological polar surface area (TPSA) is 87.1 Å². The van der Waals surface area contributed by atoms with Crippen molar-refractivity contribution >= 4 is 28.4 Å². The third kappa shape index (κ3) is 4.50. The van der Waals surface area contributed by atoms with Gasteiger partial charge in [-0.25, -0.2) is 14.2 Å². The number of H-pyrrole nitrogens is 1. The van der Waals surface area contributed by atoms with Crippen LogP contribution in [-0.4, -0.2) is 45.1 Å². The van der Waals surface area contributed by atoms with Crippen LogP contribution in [0.3, 0.4) is 0 Å². The van der Waals surface area contributed by atoms with Gasteiger partial charge in [-0.1, -0.05) is 13.8 Å². The molecule has 37 heavy (non-hydrogen) atoms. The second kappa shape index (κ2) is 10.2. The molecular weight excluding hydrogens is 471 g/mol. The monoisotopic (exact) mass is 502 g/mol. The molecule has 9 heteroatoms. The number of anilines is 2. The Bertz CT molecular complexity index is 1500. The number of nitrogens with one attached hydrogen (secondary N) is 1. The predicted octanol–water partition coefficient (Wildman–Crippen LogP) is 4.64. The van der Waals surface area contributed by atoms with Crippen LogP contribution in [0.15, 0.2) is 53.6 Å². The minimum absolute atomic E-state index is 0.0847. The van der Waals surface area contributed by atoms with E-state index in [0.29, 0.717) is 24.3 Å². The highest BCUT2D eigenvalue weighted by atomic mass is 19.1. The summed E-state index contributed by atoms with van der Waals surface area (Å²) in [4.78, 5) is 41.4. The van der Waals surface area contributed by atoms with E-state index in [0.717, 1.165) is 53.9 Å². The van der Waals surface area contributed by atoms with Gasteiger partial charge in [-0.2, -0.15) is 0 Å². The zero-order valence-electron chi connectivity index (χ0n) is 21.4. The van der Waals surface area contributed by atoms with Crippen LogP contribution in [0.4, 0.5) is 15.8 Å². The number of carbonyl (C=O) groups excluding carboxylic acids is 1. The maximum atomic E-state index is 13.6. The summed E-state index contributed by atoms with van der Waals surface area (Å²) in [6, 6.07) is 10.3. The number of carbonyl (C=O) groups is 1. The van der Waals surface area contributed by atoms with E-state index in [1.165, 1.54) is 12.1 Å². The lowest BCUT2D eigenvalue weighted by molar-refractivity contribution is 0.0984. The first-order chi connectivity index (χ1) is 18.0. The number of benzene rings is 1.